The van der Waals surface area contributed by atoms with E-state index in [9.17, 15) is 4.79 Å². The number of amides is 1. The topological polar surface area (TPSA) is 70.2 Å². The van der Waals surface area contributed by atoms with Gasteiger partial charge in [0.15, 0.2) is 0 Å². The first-order valence-corrected chi connectivity index (χ1v) is 7.20. The minimum atomic E-state index is -0.310. The Kier molecular flexibility index (Phi) is 5.68. The smallest absolute Gasteiger partial charge is 0.275 e. The van der Waals surface area contributed by atoms with Crippen molar-refractivity contribution in [1.82, 2.24) is 14.9 Å². The molecule has 1 heterocycles. The van der Waals surface area contributed by atoms with Crippen LogP contribution in [0.3, 0.4) is 0 Å². The number of carbonyl (C=O) groups excluding carboxylic acids is 1. The van der Waals surface area contributed by atoms with Gasteiger partial charge in [-0.25, -0.2) is 9.97 Å². The van der Waals surface area contributed by atoms with Crippen LogP contribution in [0.4, 0.5) is 11.5 Å². The van der Waals surface area contributed by atoms with Gasteiger partial charge in [0.1, 0.15) is 11.5 Å². The van der Waals surface area contributed by atoms with Gasteiger partial charge in [-0.3, -0.25) is 4.79 Å². The number of likely N-dealkylation sites (N-methyl/N-ethyl adjacent to an activating group) is 1. The van der Waals surface area contributed by atoms with E-state index in [0.717, 1.165) is 13.1 Å². The van der Waals surface area contributed by atoms with Crippen LogP contribution < -0.4 is 10.6 Å². The van der Waals surface area contributed by atoms with E-state index >= 15 is 0 Å². The molecular formula is C15H18ClN5O. The van der Waals surface area contributed by atoms with Crippen molar-refractivity contribution >= 4 is 29.0 Å². The van der Waals surface area contributed by atoms with Crippen LogP contribution in [0.5, 0.6) is 0 Å². The third kappa shape index (κ3) is 4.98. The van der Waals surface area contributed by atoms with Gasteiger partial charge in [0, 0.05) is 23.8 Å². The lowest BCUT2D eigenvalue weighted by molar-refractivity contribution is 0.102. The van der Waals surface area contributed by atoms with Gasteiger partial charge < -0.3 is 15.5 Å². The molecule has 0 saturated carbocycles. The fraction of sp³-hybridized carbons (Fsp3) is 0.267. The van der Waals surface area contributed by atoms with Gasteiger partial charge in [-0.15, -0.1) is 0 Å². The number of benzene rings is 1. The molecule has 7 heteroatoms. The number of rotatable bonds is 6. The van der Waals surface area contributed by atoms with Crippen LogP contribution in [0.1, 0.15) is 10.5 Å². The van der Waals surface area contributed by atoms with Gasteiger partial charge in [0.2, 0.25) is 0 Å². The zero-order valence-electron chi connectivity index (χ0n) is 12.5. The van der Waals surface area contributed by atoms with Crippen molar-refractivity contribution in [2.24, 2.45) is 0 Å². The van der Waals surface area contributed by atoms with Crippen LogP contribution in [-0.4, -0.2) is 48.0 Å². The maximum absolute atomic E-state index is 12.0. The maximum Gasteiger partial charge on any atom is 0.275 e. The molecule has 2 aromatic rings. The highest BCUT2D eigenvalue weighted by Crippen LogP contribution is 2.14. The second-order valence-corrected chi connectivity index (χ2v) is 5.41. The predicted molar refractivity (Wildman–Crippen MR) is 88.5 cm³/mol. The molecule has 2 N–H and O–H groups in total. The molecule has 0 bridgehead atoms. The summed E-state index contributed by atoms with van der Waals surface area (Å²) in [5.41, 5.74) is 0.914. The molecule has 0 fully saturated rings. The summed E-state index contributed by atoms with van der Waals surface area (Å²) in [6.07, 6.45) is 3.00. The molecule has 0 spiro atoms. The quantitative estimate of drug-likeness (QED) is 0.855. The van der Waals surface area contributed by atoms with Gasteiger partial charge in [-0.05, 0) is 38.4 Å². The van der Waals surface area contributed by atoms with E-state index in [1.165, 1.54) is 6.20 Å². The first-order valence-electron chi connectivity index (χ1n) is 6.82. The summed E-state index contributed by atoms with van der Waals surface area (Å²) >= 11 is 5.80. The molecule has 0 radical (unpaired) electrons. The molecule has 0 aliphatic carbocycles. The molecule has 0 saturated heterocycles. The Balaban J connectivity index is 1.91. The SMILES string of the molecule is CN(C)CCNc1cnc(C(=O)Nc2ccc(Cl)cc2)cn1. The normalized spacial score (nSPS) is 10.5. The summed E-state index contributed by atoms with van der Waals surface area (Å²) < 4.78 is 0. The molecule has 0 aliphatic rings. The second-order valence-electron chi connectivity index (χ2n) is 4.98. The summed E-state index contributed by atoms with van der Waals surface area (Å²) in [5.74, 6) is 0.333. The number of nitrogens with one attached hydrogen (secondary N) is 2. The number of nitrogens with zero attached hydrogens (tertiary/aromatic N) is 3. The summed E-state index contributed by atoms with van der Waals surface area (Å²) in [4.78, 5) is 22.4. The molecule has 1 aromatic carbocycles. The van der Waals surface area contributed by atoms with Crippen molar-refractivity contribution in [2.45, 2.75) is 0 Å². The minimum Gasteiger partial charge on any atom is -0.368 e. The average molecular weight is 320 g/mol. The summed E-state index contributed by atoms with van der Waals surface area (Å²) in [6, 6.07) is 6.87. The fourth-order valence-corrected chi connectivity index (χ4v) is 1.80. The van der Waals surface area contributed by atoms with Crippen LogP contribution in [-0.2, 0) is 0 Å². The molecule has 0 unspecified atom stereocenters. The van der Waals surface area contributed by atoms with Gasteiger partial charge >= 0.3 is 0 Å². The number of anilines is 2. The lowest BCUT2D eigenvalue weighted by atomic mass is 10.3. The van der Waals surface area contributed by atoms with Crippen LogP contribution in [0.15, 0.2) is 36.7 Å². The van der Waals surface area contributed by atoms with E-state index in [4.69, 9.17) is 11.6 Å². The summed E-state index contributed by atoms with van der Waals surface area (Å²) in [5, 5.41) is 6.49. The van der Waals surface area contributed by atoms with Crippen LogP contribution in [0.2, 0.25) is 5.02 Å². The zero-order chi connectivity index (χ0) is 15.9. The molecule has 0 atom stereocenters. The molecule has 1 aromatic heterocycles. The highest BCUT2D eigenvalue weighted by Gasteiger charge is 2.08. The third-order valence-electron chi connectivity index (χ3n) is 2.85. The minimum absolute atomic E-state index is 0.258. The van der Waals surface area contributed by atoms with Crippen molar-refractivity contribution in [3.63, 3.8) is 0 Å². The number of halogens is 1. The Morgan fingerprint density at radius 2 is 1.91 bits per heavy atom. The second kappa shape index (κ2) is 7.72. The van der Waals surface area contributed by atoms with E-state index in [0.29, 0.717) is 16.5 Å². The van der Waals surface area contributed by atoms with E-state index < -0.39 is 0 Å². The highest BCUT2D eigenvalue weighted by atomic mass is 35.5. The maximum atomic E-state index is 12.0. The Bertz CT molecular complexity index is 613. The van der Waals surface area contributed by atoms with E-state index in [-0.39, 0.29) is 11.6 Å². The van der Waals surface area contributed by atoms with E-state index in [1.807, 2.05) is 14.1 Å². The molecule has 22 heavy (non-hydrogen) atoms. The van der Waals surface area contributed by atoms with Gasteiger partial charge in [-0.1, -0.05) is 11.6 Å². The Morgan fingerprint density at radius 1 is 1.18 bits per heavy atom. The number of carbonyl (C=O) groups is 1. The third-order valence-corrected chi connectivity index (χ3v) is 3.10. The number of hydrogen-bond acceptors (Lipinski definition) is 5. The lowest BCUT2D eigenvalue weighted by Gasteiger charge is -2.10. The Labute approximate surface area is 134 Å². The first-order chi connectivity index (χ1) is 10.5. The largest absolute Gasteiger partial charge is 0.368 e. The van der Waals surface area contributed by atoms with Gasteiger partial charge in [0.05, 0.1) is 12.4 Å². The summed E-state index contributed by atoms with van der Waals surface area (Å²) in [7, 11) is 4.00. The zero-order valence-corrected chi connectivity index (χ0v) is 13.3. The molecule has 2 rings (SSSR count). The van der Waals surface area contributed by atoms with Crippen molar-refractivity contribution in [3.05, 3.63) is 47.4 Å². The number of hydrogen-bond donors (Lipinski definition) is 2. The molecule has 1 amide bonds. The van der Waals surface area contributed by atoms with Crippen LogP contribution in [0.25, 0.3) is 0 Å². The van der Waals surface area contributed by atoms with Crippen molar-refractivity contribution in [3.8, 4) is 0 Å². The monoisotopic (exact) mass is 319 g/mol. The van der Waals surface area contributed by atoms with Gasteiger partial charge in [-0.2, -0.15) is 0 Å². The van der Waals surface area contributed by atoms with Crippen molar-refractivity contribution in [1.29, 1.82) is 0 Å². The fourth-order valence-electron chi connectivity index (χ4n) is 1.67. The van der Waals surface area contributed by atoms with Crippen LogP contribution >= 0.6 is 11.6 Å². The van der Waals surface area contributed by atoms with Crippen LogP contribution in [0, 0.1) is 0 Å². The van der Waals surface area contributed by atoms with Crippen molar-refractivity contribution in [2.75, 3.05) is 37.8 Å². The molecule has 116 valence electrons. The lowest BCUT2D eigenvalue weighted by Crippen LogP contribution is -2.21. The molecular weight excluding hydrogens is 302 g/mol. The predicted octanol–water partition coefficient (Wildman–Crippen LogP) is 2.36. The Morgan fingerprint density at radius 3 is 2.50 bits per heavy atom. The standard InChI is InChI=1S/C15H18ClN5O/c1-21(2)8-7-17-14-10-18-13(9-19-14)15(22)20-12-5-3-11(16)4-6-12/h3-6,9-10H,7-8H2,1-2H3,(H,17,19)(H,20,22). The first kappa shape index (κ1) is 16.2. The van der Waals surface area contributed by atoms with Gasteiger partial charge in [0.25, 0.3) is 5.91 Å². The average Bonchev–Trinajstić information content (AvgIpc) is 2.50. The van der Waals surface area contributed by atoms with E-state index in [1.54, 1.807) is 30.5 Å². The molecule has 0 aliphatic heterocycles. The van der Waals surface area contributed by atoms with Crippen molar-refractivity contribution < 1.29 is 4.79 Å². The summed E-state index contributed by atoms with van der Waals surface area (Å²) in [6.45, 7) is 1.65. The number of aromatic nitrogens is 2. The Hall–Kier alpha value is -2.18. The molecule has 6 nitrogen and oxygen atoms in total. The highest BCUT2D eigenvalue weighted by molar-refractivity contribution is 6.30. The van der Waals surface area contributed by atoms with E-state index in [2.05, 4.69) is 25.5 Å².